The van der Waals surface area contributed by atoms with Crippen LogP contribution in [0.5, 0.6) is 5.75 Å². The summed E-state index contributed by atoms with van der Waals surface area (Å²) >= 11 is 1.17. The number of hydrogen-bond acceptors (Lipinski definition) is 5. The van der Waals surface area contributed by atoms with Gasteiger partial charge < -0.3 is 9.64 Å². The Bertz CT molecular complexity index is 861. The Hall–Kier alpha value is -1.97. The van der Waals surface area contributed by atoms with Crippen molar-refractivity contribution in [2.24, 2.45) is 0 Å². The molecule has 0 saturated carbocycles. The fourth-order valence-corrected chi connectivity index (χ4v) is 5.25. The first kappa shape index (κ1) is 19.8. The van der Waals surface area contributed by atoms with Crippen molar-refractivity contribution in [2.45, 2.75) is 36.1 Å². The maximum atomic E-state index is 12.9. The van der Waals surface area contributed by atoms with E-state index in [0.29, 0.717) is 35.9 Å². The van der Waals surface area contributed by atoms with E-state index in [4.69, 9.17) is 4.74 Å². The minimum atomic E-state index is -3.51. The van der Waals surface area contributed by atoms with Crippen molar-refractivity contribution >= 4 is 27.3 Å². The van der Waals surface area contributed by atoms with E-state index in [2.05, 4.69) is 4.72 Å². The number of rotatable bonds is 6. The predicted molar refractivity (Wildman–Crippen MR) is 101 cm³/mol. The molecule has 1 aliphatic rings. The molecule has 0 bridgehead atoms. The Kier molecular flexibility index (Phi) is 6.13. The quantitative estimate of drug-likeness (QED) is 0.791. The van der Waals surface area contributed by atoms with Crippen molar-refractivity contribution < 1.29 is 22.3 Å². The summed E-state index contributed by atoms with van der Waals surface area (Å²) in [6.45, 7) is 2.55. The standard InChI is InChI=1S/C18H21FN2O4S2/c1-13(25-16-6-4-14(19)5-7-16)18(22)21-10-8-15(9-11-21)20-27(23,24)17-3-2-12-26-17/h2-7,12-13,15,20H,8-11H2,1H3. The van der Waals surface area contributed by atoms with Crippen LogP contribution in [0.25, 0.3) is 0 Å². The molecule has 1 unspecified atom stereocenters. The lowest BCUT2D eigenvalue weighted by atomic mass is 10.1. The molecule has 6 nitrogen and oxygen atoms in total. The van der Waals surface area contributed by atoms with Crippen molar-refractivity contribution in [1.29, 1.82) is 0 Å². The van der Waals surface area contributed by atoms with Gasteiger partial charge in [-0.25, -0.2) is 17.5 Å². The van der Waals surface area contributed by atoms with Gasteiger partial charge >= 0.3 is 0 Å². The topological polar surface area (TPSA) is 75.7 Å². The molecule has 3 rings (SSSR count). The van der Waals surface area contributed by atoms with Crippen LogP contribution in [0.2, 0.25) is 0 Å². The zero-order valence-electron chi connectivity index (χ0n) is 14.8. The van der Waals surface area contributed by atoms with Gasteiger partial charge in [0.1, 0.15) is 15.8 Å². The largest absolute Gasteiger partial charge is 0.481 e. The molecule has 1 saturated heterocycles. The normalized spacial score (nSPS) is 16.9. The average Bonchev–Trinajstić information content (AvgIpc) is 3.19. The highest BCUT2D eigenvalue weighted by atomic mass is 32.2. The van der Waals surface area contributed by atoms with Crippen molar-refractivity contribution in [1.82, 2.24) is 9.62 Å². The van der Waals surface area contributed by atoms with Crippen LogP contribution in [0.1, 0.15) is 19.8 Å². The molecule has 0 aliphatic carbocycles. The zero-order valence-corrected chi connectivity index (χ0v) is 16.4. The number of nitrogens with zero attached hydrogens (tertiary/aromatic N) is 1. The number of ether oxygens (including phenoxy) is 1. The van der Waals surface area contributed by atoms with Gasteiger partial charge in [-0.1, -0.05) is 6.07 Å². The van der Waals surface area contributed by atoms with Crippen LogP contribution in [-0.4, -0.2) is 44.5 Å². The maximum absolute atomic E-state index is 12.9. The van der Waals surface area contributed by atoms with Crippen molar-refractivity contribution in [3.63, 3.8) is 0 Å². The highest BCUT2D eigenvalue weighted by molar-refractivity contribution is 7.91. The summed E-state index contributed by atoms with van der Waals surface area (Å²) < 4.78 is 46.1. The van der Waals surface area contributed by atoms with Gasteiger partial charge in [0.05, 0.1) is 0 Å². The van der Waals surface area contributed by atoms with E-state index in [9.17, 15) is 17.6 Å². The Balaban J connectivity index is 1.51. The second-order valence-electron chi connectivity index (χ2n) is 6.37. The van der Waals surface area contributed by atoms with E-state index in [1.807, 2.05) is 0 Å². The number of hydrogen-bond donors (Lipinski definition) is 1. The van der Waals surface area contributed by atoms with Crippen LogP contribution in [0.4, 0.5) is 4.39 Å². The van der Waals surface area contributed by atoms with Gasteiger partial charge in [-0.05, 0) is 55.5 Å². The molecule has 146 valence electrons. The minimum Gasteiger partial charge on any atom is -0.481 e. The van der Waals surface area contributed by atoms with Gasteiger partial charge in [0.15, 0.2) is 6.10 Å². The Labute approximate surface area is 162 Å². The molecule has 1 fully saturated rings. The van der Waals surface area contributed by atoms with Crippen LogP contribution >= 0.6 is 11.3 Å². The maximum Gasteiger partial charge on any atom is 0.263 e. The van der Waals surface area contributed by atoms with Crippen LogP contribution in [0.15, 0.2) is 46.0 Å². The second-order valence-corrected chi connectivity index (χ2v) is 9.26. The Morgan fingerprint density at radius 2 is 1.93 bits per heavy atom. The third kappa shape index (κ3) is 5.06. The molecule has 1 aromatic heterocycles. The van der Waals surface area contributed by atoms with Gasteiger partial charge in [-0.2, -0.15) is 0 Å². The van der Waals surface area contributed by atoms with Gasteiger partial charge in [0, 0.05) is 19.1 Å². The molecular formula is C18H21FN2O4S2. The Morgan fingerprint density at radius 1 is 1.26 bits per heavy atom. The number of piperidine rings is 1. The number of halogens is 1. The monoisotopic (exact) mass is 412 g/mol. The van der Waals surface area contributed by atoms with E-state index in [-0.39, 0.29) is 17.8 Å². The summed E-state index contributed by atoms with van der Waals surface area (Å²) in [6.07, 6.45) is 0.383. The van der Waals surface area contributed by atoms with E-state index >= 15 is 0 Å². The number of benzene rings is 1. The van der Waals surface area contributed by atoms with E-state index in [0.717, 1.165) is 0 Å². The molecule has 1 aromatic carbocycles. The number of carbonyl (C=O) groups is 1. The molecule has 2 heterocycles. The molecule has 27 heavy (non-hydrogen) atoms. The molecule has 9 heteroatoms. The van der Waals surface area contributed by atoms with Crippen LogP contribution < -0.4 is 9.46 Å². The number of nitrogens with one attached hydrogen (secondary N) is 1. The first-order valence-corrected chi connectivity index (χ1v) is 11.0. The average molecular weight is 413 g/mol. The van der Waals surface area contributed by atoms with E-state index < -0.39 is 16.1 Å². The zero-order chi connectivity index (χ0) is 19.4. The summed E-state index contributed by atoms with van der Waals surface area (Å²) in [7, 11) is -3.51. The molecular weight excluding hydrogens is 391 g/mol. The molecule has 1 aliphatic heterocycles. The second kappa shape index (κ2) is 8.37. The summed E-state index contributed by atoms with van der Waals surface area (Å²) in [5.41, 5.74) is 0. The van der Waals surface area contributed by atoms with Gasteiger partial charge in [0.25, 0.3) is 5.91 Å². The first-order valence-electron chi connectivity index (χ1n) is 8.62. The number of amides is 1. The molecule has 0 spiro atoms. The van der Waals surface area contributed by atoms with Crippen molar-refractivity contribution in [3.8, 4) is 5.75 Å². The molecule has 1 N–H and O–H groups in total. The van der Waals surface area contributed by atoms with Crippen LogP contribution in [-0.2, 0) is 14.8 Å². The summed E-state index contributed by atoms with van der Waals surface area (Å²) in [6, 6.07) is 8.57. The van der Waals surface area contributed by atoms with Crippen molar-refractivity contribution in [3.05, 3.63) is 47.6 Å². The number of carbonyl (C=O) groups excluding carboxylic acids is 1. The highest BCUT2D eigenvalue weighted by Gasteiger charge is 2.29. The highest BCUT2D eigenvalue weighted by Crippen LogP contribution is 2.20. The van der Waals surface area contributed by atoms with Gasteiger partial charge in [-0.3, -0.25) is 4.79 Å². The van der Waals surface area contributed by atoms with Crippen LogP contribution in [0.3, 0.4) is 0 Å². The molecule has 0 radical (unpaired) electrons. The SMILES string of the molecule is CC(Oc1ccc(F)cc1)C(=O)N1CCC(NS(=O)(=O)c2cccs2)CC1. The van der Waals surface area contributed by atoms with Crippen molar-refractivity contribution in [2.75, 3.05) is 13.1 Å². The lowest BCUT2D eigenvalue weighted by molar-refractivity contribution is -0.139. The lowest BCUT2D eigenvalue weighted by Gasteiger charge is -2.33. The number of likely N-dealkylation sites (tertiary alicyclic amines) is 1. The van der Waals surface area contributed by atoms with E-state index in [1.165, 1.54) is 35.6 Å². The van der Waals surface area contributed by atoms with Gasteiger partial charge in [-0.15, -0.1) is 11.3 Å². The molecule has 1 amide bonds. The number of sulfonamides is 1. The minimum absolute atomic E-state index is 0.168. The number of thiophene rings is 1. The third-order valence-electron chi connectivity index (χ3n) is 4.36. The predicted octanol–water partition coefficient (Wildman–Crippen LogP) is 2.62. The van der Waals surface area contributed by atoms with Crippen LogP contribution in [0, 0.1) is 5.82 Å². The summed E-state index contributed by atoms with van der Waals surface area (Å²) in [5, 5.41) is 1.72. The fourth-order valence-electron chi connectivity index (χ4n) is 2.94. The molecule has 2 aromatic rings. The summed E-state index contributed by atoms with van der Waals surface area (Å²) in [4.78, 5) is 14.2. The van der Waals surface area contributed by atoms with Gasteiger partial charge in [0.2, 0.25) is 10.0 Å². The summed E-state index contributed by atoms with van der Waals surface area (Å²) in [5.74, 6) is -0.108. The Morgan fingerprint density at radius 3 is 2.52 bits per heavy atom. The fraction of sp³-hybridized carbons (Fsp3) is 0.389. The smallest absolute Gasteiger partial charge is 0.263 e. The van der Waals surface area contributed by atoms with E-state index in [1.54, 1.807) is 29.3 Å². The first-order chi connectivity index (χ1) is 12.8. The molecule has 1 atom stereocenters. The lowest BCUT2D eigenvalue weighted by Crippen LogP contribution is -2.49. The third-order valence-corrected chi connectivity index (χ3v) is 7.28.